The molecule has 2 aliphatic rings. The maximum Gasteiger partial charge on any atom is 0.522 e. The number of piperazine rings is 1. The van der Waals surface area contributed by atoms with Crippen LogP contribution in [0.5, 0.6) is 5.75 Å². The summed E-state index contributed by atoms with van der Waals surface area (Å²) in [4.78, 5) is 71.7. The fraction of sp³-hybridized carbons (Fsp3) is 0.533. The van der Waals surface area contributed by atoms with Gasteiger partial charge in [0.2, 0.25) is 5.91 Å². The molecule has 17 heteroatoms. The molecule has 2 fully saturated rings. The topological polar surface area (TPSA) is 168 Å². The molecule has 0 aliphatic carbocycles. The van der Waals surface area contributed by atoms with Crippen molar-refractivity contribution in [2.45, 2.75) is 51.1 Å². The van der Waals surface area contributed by atoms with Gasteiger partial charge in [-0.1, -0.05) is 12.1 Å². The van der Waals surface area contributed by atoms with Crippen LogP contribution in [0.1, 0.15) is 43.1 Å². The molecule has 2 aliphatic heterocycles. The van der Waals surface area contributed by atoms with E-state index in [1.54, 1.807) is 31.2 Å². The van der Waals surface area contributed by atoms with E-state index in [0.717, 1.165) is 0 Å². The van der Waals surface area contributed by atoms with Crippen molar-refractivity contribution in [3.05, 3.63) is 36.0 Å². The van der Waals surface area contributed by atoms with Crippen LogP contribution in [0.3, 0.4) is 0 Å². The summed E-state index contributed by atoms with van der Waals surface area (Å²) in [5, 5.41) is 12.3. The van der Waals surface area contributed by atoms with Crippen molar-refractivity contribution >= 4 is 40.7 Å². The predicted molar refractivity (Wildman–Crippen MR) is 157 cm³/mol. The number of rotatable bonds is 12. The van der Waals surface area contributed by atoms with Crippen LogP contribution in [0.15, 0.2) is 30.3 Å². The number of amides is 4. The predicted octanol–water partition coefficient (Wildman–Crippen LogP) is 2.40. The van der Waals surface area contributed by atoms with Gasteiger partial charge in [-0.25, -0.2) is 9.78 Å². The summed E-state index contributed by atoms with van der Waals surface area (Å²) in [5.41, 5.74) is 0.146. The molecule has 3 heterocycles. The third-order valence-corrected chi connectivity index (χ3v) is 7.77. The molecule has 0 saturated carbocycles. The highest BCUT2D eigenvalue weighted by atomic mass is 19.4. The van der Waals surface area contributed by atoms with Gasteiger partial charge >= 0.3 is 18.4 Å². The Morgan fingerprint density at radius 1 is 1.06 bits per heavy atom. The van der Waals surface area contributed by atoms with Crippen LogP contribution in [0.25, 0.3) is 10.9 Å². The van der Waals surface area contributed by atoms with Crippen LogP contribution in [0.4, 0.5) is 18.0 Å². The molecule has 1 aromatic carbocycles. The number of hydrogen-bond acceptors (Lipinski definition) is 9. The first-order valence-corrected chi connectivity index (χ1v) is 15.1. The quantitative estimate of drug-likeness (QED) is 0.343. The maximum atomic E-state index is 13.4. The van der Waals surface area contributed by atoms with E-state index >= 15 is 0 Å². The Hall–Kier alpha value is -4.67. The van der Waals surface area contributed by atoms with E-state index in [2.05, 4.69) is 15.0 Å². The minimum absolute atomic E-state index is 0.0971. The molecular formula is C30H36F3N5O9. The van der Waals surface area contributed by atoms with E-state index in [0.29, 0.717) is 23.7 Å². The molecule has 0 radical (unpaired) electrons. The molecule has 2 atom stereocenters. The molecule has 4 rings (SSSR count). The second kappa shape index (κ2) is 15.8. The van der Waals surface area contributed by atoms with Crippen molar-refractivity contribution in [2.24, 2.45) is 0 Å². The molecule has 1 aromatic heterocycles. The molecule has 47 heavy (non-hydrogen) atoms. The van der Waals surface area contributed by atoms with Crippen molar-refractivity contribution in [1.82, 2.24) is 25.0 Å². The summed E-state index contributed by atoms with van der Waals surface area (Å²) < 4.78 is 52.4. The third kappa shape index (κ3) is 9.67. The number of ether oxygens (including phenoxy) is 3. The molecule has 0 spiro atoms. The van der Waals surface area contributed by atoms with Crippen molar-refractivity contribution in [3.63, 3.8) is 0 Å². The Bertz CT molecular complexity index is 1470. The molecule has 256 valence electrons. The van der Waals surface area contributed by atoms with Crippen molar-refractivity contribution in [2.75, 3.05) is 52.5 Å². The Morgan fingerprint density at radius 2 is 1.77 bits per heavy atom. The number of nitrogens with one attached hydrogen (secondary N) is 1. The maximum absolute atomic E-state index is 13.4. The lowest BCUT2D eigenvalue weighted by Gasteiger charge is -2.35. The largest absolute Gasteiger partial charge is 0.522 e. The van der Waals surface area contributed by atoms with Crippen molar-refractivity contribution in [3.8, 4) is 5.75 Å². The van der Waals surface area contributed by atoms with Gasteiger partial charge in [-0.2, -0.15) is 0 Å². The molecule has 4 amide bonds. The van der Waals surface area contributed by atoms with Gasteiger partial charge in [0.25, 0.3) is 11.8 Å². The van der Waals surface area contributed by atoms with Gasteiger partial charge in [0.15, 0.2) is 6.61 Å². The molecule has 2 N–H and O–H groups in total. The van der Waals surface area contributed by atoms with Crippen molar-refractivity contribution in [1.29, 1.82) is 0 Å². The van der Waals surface area contributed by atoms with E-state index in [-0.39, 0.29) is 57.2 Å². The highest BCUT2D eigenvalue weighted by molar-refractivity contribution is 5.99. The fourth-order valence-corrected chi connectivity index (χ4v) is 5.43. The second-order valence-electron chi connectivity index (χ2n) is 10.9. The zero-order valence-electron chi connectivity index (χ0n) is 25.7. The smallest absolute Gasteiger partial charge is 0.483 e. The van der Waals surface area contributed by atoms with Crippen LogP contribution >= 0.6 is 0 Å². The normalized spacial score (nSPS) is 17.4. The van der Waals surface area contributed by atoms with E-state index in [1.807, 2.05) is 0 Å². The monoisotopic (exact) mass is 667 g/mol. The van der Waals surface area contributed by atoms with Crippen LogP contribution in [-0.2, 0) is 23.9 Å². The van der Waals surface area contributed by atoms with E-state index < -0.39 is 67.9 Å². The second-order valence-corrected chi connectivity index (χ2v) is 10.9. The molecule has 1 unspecified atom stereocenters. The zero-order chi connectivity index (χ0) is 34.1. The third-order valence-electron chi connectivity index (χ3n) is 7.77. The molecule has 2 aromatic rings. The number of aliphatic carboxylic acids is 1. The Kier molecular flexibility index (Phi) is 11.8. The number of alkyl halides is 3. The number of hydrogen-bond donors (Lipinski definition) is 2. The van der Waals surface area contributed by atoms with Crippen LogP contribution in [0.2, 0.25) is 0 Å². The number of para-hydroxylation sites is 1. The number of halogens is 3. The first-order chi connectivity index (χ1) is 22.4. The minimum atomic E-state index is -4.82. The van der Waals surface area contributed by atoms with Gasteiger partial charge < -0.3 is 34.6 Å². The molecule has 0 bridgehead atoms. The number of carboxylic acids is 1. The Labute approximate surface area is 267 Å². The Balaban J connectivity index is 1.47. The number of carbonyl (C=O) groups excluding carboxylic acids is 4. The lowest BCUT2D eigenvalue weighted by molar-refractivity contribution is -0.327. The Morgan fingerprint density at radius 3 is 2.45 bits per heavy atom. The standard InChI is InChI=1S/C30H36F3N5O9/c1-2-45-29(44)37-14-12-36(13-15-37)28(43)22(9-10-26(40)41)35-27(42)23-16-24(20-7-3-4-8-21(20)34-23)46-18-25(39)38-11-5-6-19(38)17-47-30(31,32)33/h3-4,7-8,16,19,22H,2,5-6,9-15,17-18H2,1H3,(H,35,42)(H,40,41)/t19?,22-/m0/s1. The van der Waals surface area contributed by atoms with Crippen LogP contribution in [-0.4, -0.2) is 126 Å². The molecular weight excluding hydrogens is 631 g/mol. The average Bonchev–Trinajstić information content (AvgIpc) is 3.52. The number of fused-ring (bicyclic) bond motifs is 1. The van der Waals surface area contributed by atoms with E-state index in [9.17, 15) is 42.3 Å². The van der Waals surface area contributed by atoms with Gasteiger partial charge in [0.1, 0.15) is 17.5 Å². The first-order valence-electron chi connectivity index (χ1n) is 15.1. The summed E-state index contributed by atoms with van der Waals surface area (Å²) >= 11 is 0. The highest BCUT2D eigenvalue weighted by Crippen LogP contribution is 2.27. The summed E-state index contributed by atoms with van der Waals surface area (Å²) in [6, 6.07) is 5.88. The highest BCUT2D eigenvalue weighted by Gasteiger charge is 2.36. The lowest BCUT2D eigenvalue weighted by Crippen LogP contribution is -2.56. The number of likely N-dealkylation sites (tertiary alicyclic amines) is 1. The fourth-order valence-electron chi connectivity index (χ4n) is 5.43. The number of carboxylic acid groups (broad SMARTS) is 1. The van der Waals surface area contributed by atoms with Gasteiger partial charge in [-0.15, -0.1) is 13.2 Å². The van der Waals surface area contributed by atoms with E-state index in [1.165, 1.54) is 20.8 Å². The number of carbonyl (C=O) groups is 5. The molecule has 2 saturated heterocycles. The average molecular weight is 668 g/mol. The zero-order valence-corrected chi connectivity index (χ0v) is 25.7. The van der Waals surface area contributed by atoms with Gasteiger partial charge in [-0.3, -0.25) is 23.9 Å². The van der Waals surface area contributed by atoms with Gasteiger partial charge in [0, 0.05) is 50.6 Å². The summed E-state index contributed by atoms with van der Waals surface area (Å²) in [6.45, 7) is 1.59. The number of aromatic nitrogens is 1. The summed E-state index contributed by atoms with van der Waals surface area (Å²) in [5.74, 6) is -2.96. The van der Waals surface area contributed by atoms with E-state index in [4.69, 9.17) is 9.47 Å². The van der Waals surface area contributed by atoms with Gasteiger partial charge in [-0.05, 0) is 38.3 Å². The SMILES string of the molecule is CCOC(=O)N1CCN(C(=O)[C@H](CCC(=O)O)NC(=O)c2cc(OCC(=O)N3CCCC3COC(F)(F)F)c3ccccc3n2)CC1. The minimum Gasteiger partial charge on any atom is -0.483 e. The first kappa shape index (κ1) is 35.2. The van der Waals surface area contributed by atoms with Crippen LogP contribution in [0, 0.1) is 0 Å². The number of nitrogens with zero attached hydrogens (tertiary/aromatic N) is 4. The lowest BCUT2D eigenvalue weighted by atomic mass is 10.1. The van der Waals surface area contributed by atoms with Crippen molar-refractivity contribution < 1.29 is 56.5 Å². The number of pyridine rings is 1. The molecule has 14 nitrogen and oxygen atoms in total. The summed E-state index contributed by atoms with van der Waals surface area (Å²) in [6.07, 6.45) is -5.11. The summed E-state index contributed by atoms with van der Waals surface area (Å²) in [7, 11) is 0. The van der Waals surface area contributed by atoms with Gasteiger partial charge in [0.05, 0.1) is 24.8 Å². The number of benzene rings is 1. The van der Waals surface area contributed by atoms with Crippen LogP contribution < -0.4 is 10.1 Å².